The number of ether oxygens (including phenoxy) is 3. The molecule has 0 unspecified atom stereocenters. The lowest BCUT2D eigenvalue weighted by Gasteiger charge is -2.35. The minimum Gasteiger partial charge on any atom is -0.462 e. The second kappa shape index (κ2) is 8.22. The molecule has 2 aromatic carbocycles. The molecular formula is C24H22N2O6. The average molecular weight is 434 g/mol. The van der Waals surface area contributed by atoms with E-state index in [-0.39, 0.29) is 36.0 Å². The molecule has 32 heavy (non-hydrogen) atoms. The smallest absolute Gasteiger partial charge is 0.341 e. The number of hydrogen-bond acceptors (Lipinski definition) is 7. The van der Waals surface area contributed by atoms with E-state index in [1.807, 2.05) is 18.2 Å². The van der Waals surface area contributed by atoms with Crippen molar-refractivity contribution in [1.29, 1.82) is 0 Å². The van der Waals surface area contributed by atoms with Crippen LogP contribution in [0.3, 0.4) is 0 Å². The van der Waals surface area contributed by atoms with E-state index in [9.17, 15) is 14.4 Å². The molecule has 0 bridgehead atoms. The van der Waals surface area contributed by atoms with Gasteiger partial charge in [0, 0.05) is 11.3 Å². The minimum atomic E-state index is -1.86. The van der Waals surface area contributed by atoms with E-state index in [1.54, 1.807) is 43.3 Å². The lowest BCUT2D eigenvalue weighted by Crippen LogP contribution is -2.48. The minimum absolute atomic E-state index is 0.0484. The van der Waals surface area contributed by atoms with E-state index in [2.05, 4.69) is 5.32 Å². The van der Waals surface area contributed by atoms with Crippen molar-refractivity contribution in [3.63, 3.8) is 0 Å². The normalized spacial score (nSPS) is 19.4. The molecule has 1 spiro atoms. The lowest BCUT2D eigenvalue weighted by atomic mass is 9.67. The Balaban J connectivity index is 1.86. The predicted molar refractivity (Wildman–Crippen MR) is 115 cm³/mol. The Morgan fingerprint density at radius 2 is 1.66 bits per heavy atom. The van der Waals surface area contributed by atoms with Gasteiger partial charge in [0.25, 0.3) is 0 Å². The van der Waals surface area contributed by atoms with Gasteiger partial charge in [0.2, 0.25) is 11.8 Å². The van der Waals surface area contributed by atoms with Crippen molar-refractivity contribution in [2.75, 3.05) is 11.9 Å². The van der Waals surface area contributed by atoms with Crippen molar-refractivity contribution in [1.82, 2.24) is 0 Å². The molecule has 4 rings (SSSR count). The predicted octanol–water partition coefficient (Wildman–Crippen LogP) is 2.66. The van der Waals surface area contributed by atoms with Crippen LogP contribution in [-0.4, -0.2) is 24.5 Å². The number of nitrogens with two attached hydrogens (primary N) is 1. The van der Waals surface area contributed by atoms with Gasteiger partial charge in [0.15, 0.2) is 0 Å². The topological polar surface area (TPSA) is 117 Å². The van der Waals surface area contributed by atoms with E-state index in [0.717, 1.165) is 5.56 Å². The van der Waals surface area contributed by atoms with Gasteiger partial charge >= 0.3 is 11.9 Å². The third kappa shape index (κ3) is 3.20. The first-order valence-corrected chi connectivity index (χ1v) is 10.1. The monoisotopic (exact) mass is 434 g/mol. The molecule has 164 valence electrons. The summed E-state index contributed by atoms with van der Waals surface area (Å²) in [6.07, 6.45) is 0. The van der Waals surface area contributed by atoms with Crippen LogP contribution in [0.4, 0.5) is 5.69 Å². The molecule has 0 fully saturated rings. The summed E-state index contributed by atoms with van der Waals surface area (Å²) in [4.78, 5) is 39.9. The van der Waals surface area contributed by atoms with Gasteiger partial charge in [-0.25, -0.2) is 9.59 Å². The van der Waals surface area contributed by atoms with Crippen LogP contribution in [0.15, 0.2) is 77.4 Å². The molecule has 0 saturated carbocycles. The van der Waals surface area contributed by atoms with E-state index in [0.29, 0.717) is 11.3 Å². The third-order valence-corrected chi connectivity index (χ3v) is 5.43. The first kappa shape index (κ1) is 21.2. The fourth-order valence-electron chi connectivity index (χ4n) is 4.14. The summed E-state index contributed by atoms with van der Waals surface area (Å²) in [5.41, 5.74) is 5.51. The standard InChI is InChI=1S/C24H22N2O6/c1-3-30-21(27)18-14(2)32-20(25)19(22(28)31-13-15-9-5-4-6-10-15)24(18)16-11-7-8-12-17(16)26-23(24)29/h4-12H,3,13,25H2,1-2H3,(H,26,29)/t24-/m0/s1. The van der Waals surface area contributed by atoms with Crippen molar-refractivity contribution in [3.05, 3.63) is 88.5 Å². The summed E-state index contributed by atoms with van der Waals surface area (Å²) >= 11 is 0. The number of benzene rings is 2. The molecule has 8 heteroatoms. The van der Waals surface area contributed by atoms with Gasteiger partial charge in [-0.2, -0.15) is 0 Å². The van der Waals surface area contributed by atoms with Gasteiger partial charge in [-0.05, 0) is 25.5 Å². The molecule has 3 N–H and O–H groups in total. The molecule has 0 aliphatic carbocycles. The number of amides is 1. The Bertz CT molecular complexity index is 1170. The molecule has 2 aliphatic rings. The molecule has 0 saturated heterocycles. The number of para-hydroxylation sites is 1. The van der Waals surface area contributed by atoms with E-state index < -0.39 is 23.3 Å². The molecule has 1 amide bonds. The third-order valence-electron chi connectivity index (χ3n) is 5.43. The highest BCUT2D eigenvalue weighted by molar-refractivity contribution is 6.21. The Morgan fingerprint density at radius 1 is 1.00 bits per heavy atom. The van der Waals surface area contributed by atoms with Crippen LogP contribution < -0.4 is 11.1 Å². The summed E-state index contributed by atoms with van der Waals surface area (Å²) in [7, 11) is 0. The first-order valence-electron chi connectivity index (χ1n) is 10.1. The van der Waals surface area contributed by atoms with Crippen LogP contribution in [0, 0.1) is 0 Å². The maximum absolute atomic E-state index is 13.5. The van der Waals surface area contributed by atoms with Crippen LogP contribution in [0.25, 0.3) is 0 Å². The maximum atomic E-state index is 13.5. The Hall–Kier alpha value is -4.07. The summed E-state index contributed by atoms with van der Waals surface area (Å²) in [6.45, 7) is 3.17. The second-order valence-corrected chi connectivity index (χ2v) is 7.30. The molecule has 1 atom stereocenters. The Kier molecular flexibility index (Phi) is 5.44. The number of carbonyl (C=O) groups is 3. The van der Waals surface area contributed by atoms with Gasteiger partial charge in [0.05, 0.1) is 6.61 Å². The summed E-state index contributed by atoms with van der Waals surface area (Å²) < 4.78 is 16.3. The number of anilines is 1. The van der Waals surface area contributed by atoms with Crippen molar-refractivity contribution in [2.24, 2.45) is 5.73 Å². The van der Waals surface area contributed by atoms with E-state index >= 15 is 0 Å². The van der Waals surface area contributed by atoms with Crippen molar-refractivity contribution in [2.45, 2.75) is 25.9 Å². The fraction of sp³-hybridized carbons (Fsp3) is 0.208. The zero-order chi connectivity index (χ0) is 22.9. The number of allylic oxidation sites excluding steroid dienone is 1. The number of esters is 2. The highest BCUT2D eigenvalue weighted by atomic mass is 16.5. The Labute approximate surface area is 184 Å². The van der Waals surface area contributed by atoms with Crippen molar-refractivity contribution in [3.8, 4) is 0 Å². The molecular weight excluding hydrogens is 412 g/mol. The van der Waals surface area contributed by atoms with Crippen molar-refractivity contribution >= 4 is 23.5 Å². The van der Waals surface area contributed by atoms with Crippen molar-refractivity contribution < 1.29 is 28.6 Å². The van der Waals surface area contributed by atoms with Crippen LogP contribution in [0.2, 0.25) is 0 Å². The second-order valence-electron chi connectivity index (χ2n) is 7.30. The summed E-state index contributed by atoms with van der Waals surface area (Å²) in [5.74, 6) is -2.49. The van der Waals surface area contributed by atoms with Crippen LogP contribution in [0.5, 0.6) is 0 Å². The number of nitrogens with one attached hydrogen (secondary N) is 1. The van der Waals surface area contributed by atoms with E-state index in [1.165, 1.54) is 6.92 Å². The molecule has 2 aliphatic heterocycles. The largest absolute Gasteiger partial charge is 0.462 e. The van der Waals surface area contributed by atoms with Crippen LogP contribution in [-0.2, 0) is 40.6 Å². The number of fused-ring (bicyclic) bond motifs is 2. The molecule has 2 aromatic rings. The van der Waals surface area contributed by atoms with Crippen LogP contribution in [0.1, 0.15) is 25.0 Å². The van der Waals surface area contributed by atoms with Crippen LogP contribution >= 0.6 is 0 Å². The molecule has 0 radical (unpaired) electrons. The zero-order valence-electron chi connectivity index (χ0n) is 17.6. The number of hydrogen-bond donors (Lipinski definition) is 2. The van der Waals surface area contributed by atoms with Gasteiger partial charge in [-0.1, -0.05) is 48.5 Å². The van der Waals surface area contributed by atoms with Gasteiger partial charge in [0.1, 0.15) is 28.9 Å². The highest BCUT2D eigenvalue weighted by Crippen LogP contribution is 2.52. The highest BCUT2D eigenvalue weighted by Gasteiger charge is 2.61. The Morgan fingerprint density at radius 3 is 2.38 bits per heavy atom. The first-order chi connectivity index (χ1) is 15.4. The lowest BCUT2D eigenvalue weighted by molar-refractivity contribution is -0.144. The fourth-order valence-corrected chi connectivity index (χ4v) is 4.14. The SMILES string of the molecule is CCOC(=O)C1=C(C)OC(N)=C(C(=O)OCc2ccccc2)[C@@]12C(=O)Nc1ccccc12. The quantitative estimate of drug-likeness (QED) is 0.695. The molecule has 8 nitrogen and oxygen atoms in total. The van der Waals surface area contributed by atoms with E-state index in [4.69, 9.17) is 19.9 Å². The average Bonchev–Trinajstić information content (AvgIpc) is 3.05. The number of carbonyl (C=O) groups excluding carboxylic acids is 3. The van der Waals surface area contributed by atoms with Gasteiger partial charge in [-0.15, -0.1) is 0 Å². The van der Waals surface area contributed by atoms with Gasteiger partial charge < -0.3 is 25.3 Å². The molecule has 0 aromatic heterocycles. The number of rotatable bonds is 5. The maximum Gasteiger partial charge on any atom is 0.341 e. The molecule has 2 heterocycles. The summed E-state index contributed by atoms with van der Waals surface area (Å²) in [6, 6.07) is 15.8. The van der Waals surface area contributed by atoms with Gasteiger partial charge in [-0.3, -0.25) is 4.79 Å². The zero-order valence-corrected chi connectivity index (χ0v) is 17.6. The summed E-state index contributed by atoms with van der Waals surface area (Å²) in [5, 5.41) is 2.75.